The van der Waals surface area contributed by atoms with Crippen LogP contribution in [0.1, 0.15) is 13.3 Å². The molecule has 5 nitrogen and oxygen atoms in total. The third-order valence-electron chi connectivity index (χ3n) is 2.20. The Morgan fingerprint density at radius 3 is 2.71 bits per heavy atom. The third-order valence-corrected chi connectivity index (χ3v) is 3.61. The van der Waals surface area contributed by atoms with Crippen molar-refractivity contribution in [3.05, 3.63) is 34.4 Å². The van der Waals surface area contributed by atoms with Crippen molar-refractivity contribution in [2.24, 2.45) is 0 Å². The van der Waals surface area contributed by atoms with E-state index in [0.29, 0.717) is 17.2 Å². The molecule has 0 saturated heterocycles. The van der Waals surface area contributed by atoms with Crippen molar-refractivity contribution in [1.29, 1.82) is 0 Å². The number of nitrogens with zero attached hydrogens (tertiary/aromatic N) is 1. The van der Waals surface area contributed by atoms with Crippen LogP contribution in [0.2, 0.25) is 0 Å². The second kappa shape index (κ2) is 7.13. The second-order valence-corrected chi connectivity index (χ2v) is 5.06. The Morgan fingerprint density at radius 2 is 2.06 bits per heavy atom. The highest BCUT2D eigenvalue weighted by Gasteiger charge is 2.17. The number of hydrogen-bond acceptors (Lipinski definition) is 4. The first-order chi connectivity index (χ1) is 8.16. The molecule has 1 aromatic carbocycles. The van der Waals surface area contributed by atoms with Gasteiger partial charge in [-0.1, -0.05) is 19.1 Å². The number of nitrogens with one attached hydrogen (secondary N) is 1. The van der Waals surface area contributed by atoms with E-state index in [1.807, 2.05) is 6.92 Å². The topological polar surface area (TPSA) is 72.2 Å². The summed E-state index contributed by atoms with van der Waals surface area (Å²) in [5.41, 5.74) is -0.0682. The summed E-state index contributed by atoms with van der Waals surface area (Å²) in [4.78, 5) is 10.6. The molecule has 0 spiro atoms. The first-order valence-electron chi connectivity index (χ1n) is 5.49. The average molecular weight is 256 g/mol. The maximum atomic E-state index is 11.9. The van der Waals surface area contributed by atoms with Gasteiger partial charge in [-0.25, -0.2) is 0 Å². The van der Waals surface area contributed by atoms with Gasteiger partial charge in [0.25, 0.3) is 5.69 Å². The standard InChI is InChI=1S/C11H16N2O3S/c1-2-7-12-8-9-17(16)11-6-4-3-5-10(11)13(14)15/h3-6,12H,2,7-9H2,1H3. The molecule has 0 aliphatic rings. The van der Waals surface area contributed by atoms with Gasteiger partial charge in [0.05, 0.1) is 15.7 Å². The van der Waals surface area contributed by atoms with Gasteiger partial charge in [-0.05, 0) is 19.0 Å². The predicted molar refractivity (Wildman–Crippen MR) is 67.5 cm³/mol. The molecule has 0 heterocycles. The van der Waals surface area contributed by atoms with Crippen molar-refractivity contribution in [3.63, 3.8) is 0 Å². The van der Waals surface area contributed by atoms with E-state index < -0.39 is 15.7 Å². The number of nitro groups is 1. The van der Waals surface area contributed by atoms with Gasteiger partial charge in [0.15, 0.2) is 0 Å². The summed E-state index contributed by atoms with van der Waals surface area (Å²) in [5.74, 6) is 0.394. The van der Waals surface area contributed by atoms with Gasteiger partial charge in [-0.15, -0.1) is 0 Å². The second-order valence-electron chi connectivity index (χ2n) is 3.52. The zero-order chi connectivity index (χ0) is 12.7. The molecule has 0 amide bonds. The largest absolute Gasteiger partial charge is 0.316 e. The van der Waals surface area contributed by atoms with E-state index >= 15 is 0 Å². The van der Waals surface area contributed by atoms with Crippen LogP contribution in [0.3, 0.4) is 0 Å². The predicted octanol–water partition coefficient (Wildman–Crippen LogP) is 1.70. The lowest BCUT2D eigenvalue weighted by molar-refractivity contribution is -0.387. The van der Waals surface area contributed by atoms with Crippen molar-refractivity contribution in [1.82, 2.24) is 5.32 Å². The molecule has 0 aliphatic carbocycles. The third kappa shape index (κ3) is 4.24. The Labute approximate surface area is 103 Å². The summed E-state index contributed by atoms with van der Waals surface area (Å²) in [7, 11) is -1.32. The smallest absolute Gasteiger partial charge is 0.285 e. The Hall–Kier alpha value is -1.27. The molecule has 1 aromatic rings. The lowest BCUT2D eigenvalue weighted by atomic mass is 10.3. The fraction of sp³-hybridized carbons (Fsp3) is 0.455. The minimum absolute atomic E-state index is 0.0682. The number of nitro benzene ring substituents is 1. The molecule has 94 valence electrons. The molecule has 0 fully saturated rings. The number of benzene rings is 1. The van der Waals surface area contributed by atoms with Crippen LogP contribution in [-0.2, 0) is 10.8 Å². The van der Waals surface area contributed by atoms with E-state index in [-0.39, 0.29) is 5.69 Å². The van der Waals surface area contributed by atoms with Gasteiger partial charge in [0.2, 0.25) is 0 Å². The van der Waals surface area contributed by atoms with E-state index in [1.54, 1.807) is 18.2 Å². The molecule has 1 unspecified atom stereocenters. The van der Waals surface area contributed by atoms with Crippen LogP contribution < -0.4 is 5.32 Å². The van der Waals surface area contributed by atoms with Crippen LogP contribution >= 0.6 is 0 Å². The lowest BCUT2D eigenvalue weighted by Crippen LogP contribution is -2.21. The molecule has 1 rings (SSSR count). The zero-order valence-electron chi connectivity index (χ0n) is 9.72. The monoisotopic (exact) mass is 256 g/mol. The van der Waals surface area contributed by atoms with Crippen molar-refractivity contribution in [2.45, 2.75) is 18.2 Å². The van der Waals surface area contributed by atoms with E-state index in [4.69, 9.17) is 0 Å². The summed E-state index contributed by atoms with van der Waals surface area (Å²) in [5, 5.41) is 13.9. The van der Waals surface area contributed by atoms with E-state index in [9.17, 15) is 14.3 Å². The Bertz CT molecular complexity index is 409. The highest BCUT2D eigenvalue weighted by molar-refractivity contribution is 7.85. The summed E-state index contributed by atoms with van der Waals surface area (Å²) >= 11 is 0. The number of hydrogen-bond donors (Lipinski definition) is 1. The van der Waals surface area contributed by atoms with Crippen LogP contribution in [0, 0.1) is 10.1 Å². The summed E-state index contributed by atoms with van der Waals surface area (Å²) in [6.07, 6.45) is 1.01. The normalized spacial score (nSPS) is 12.3. The molecule has 17 heavy (non-hydrogen) atoms. The van der Waals surface area contributed by atoms with Crippen LogP contribution in [0.15, 0.2) is 29.2 Å². The summed E-state index contributed by atoms with van der Waals surface area (Å²) < 4.78 is 11.9. The molecule has 0 radical (unpaired) electrons. The first kappa shape index (κ1) is 13.8. The molecule has 0 bridgehead atoms. The molecule has 0 aliphatic heterocycles. The summed E-state index contributed by atoms with van der Waals surface area (Å²) in [6.45, 7) is 3.52. The van der Waals surface area contributed by atoms with Gasteiger partial charge >= 0.3 is 0 Å². The molecule has 6 heteroatoms. The highest BCUT2D eigenvalue weighted by Crippen LogP contribution is 2.21. The Kier molecular flexibility index (Phi) is 5.79. The van der Waals surface area contributed by atoms with Crippen LogP contribution in [0.5, 0.6) is 0 Å². The van der Waals surface area contributed by atoms with Gasteiger partial charge in [-0.3, -0.25) is 14.3 Å². The zero-order valence-corrected chi connectivity index (χ0v) is 10.5. The van der Waals surface area contributed by atoms with Crippen molar-refractivity contribution < 1.29 is 9.13 Å². The SMILES string of the molecule is CCCNCCS(=O)c1ccccc1[N+](=O)[O-]. The molecular formula is C11H16N2O3S. The van der Waals surface area contributed by atoms with Gasteiger partial charge < -0.3 is 5.32 Å². The fourth-order valence-corrected chi connectivity index (χ4v) is 2.53. The Balaban J connectivity index is 2.65. The van der Waals surface area contributed by atoms with Crippen LogP contribution in [0.4, 0.5) is 5.69 Å². The van der Waals surface area contributed by atoms with Crippen LogP contribution in [-0.4, -0.2) is 28.0 Å². The first-order valence-corrected chi connectivity index (χ1v) is 6.81. The minimum atomic E-state index is -1.32. The maximum Gasteiger partial charge on any atom is 0.285 e. The van der Waals surface area contributed by atoms with E-state index in [1.165, 1.54) is 6.07 Å². The van der Waals surface area contributed by atoms with Crippen molar-refractivity contribution in [3.8, 4) is 0 Å². The molecule has 1 atom stereocenters. The van der Waals surface area contributed by atoms with E-state index in [2.05, 4.69) is 5.32 Å². The Morgan fingerprint density at radius 1 is 1.35 bits per heavy atom. The van der Waals surface area contributed by atoms with Crippen molar-refractivity contribution >= 4 is 16.5 Å². The average Bonchev–Trinajstić information content (AvgIpc) is 2.34. The number of para-hydroxylation sites is 1. The maximum absolute atomic E-state index is 11.9. The molecular weight excluding hydrogens is 240 g/mol. The number of rotatable bonds is 7. The van der Waals surface area contributed by atoms with Gasteiger partial charge in [0, 0.05) is 18.4 Å². The van der Waals surface area contributed by atoms with Gasteiger partial charge in [0.1, 0.15) is 4.90 Å². The van der Waals surface area contributed by atoms with Crippen LogP contribution in [0.25, 0.3) is 0 Å². The molecule has 1 N–H and O–H groups in total. The van der Waals surface area contributed by atoms with E-state index in [0.717, 1.165) is 13.0 Å². The quantitative estimate of drug-likeness (QED) is 0.458. The molecule has 0 aromatic heterocycles. The summed E-state index contributed by atoms with van der Waals surface area (Å²) in [6, 6.07) is 6.18. The lowest BCUT2D eigenvalue weighted by Gasteiger charge is -2.04. The molecule has 0 saturated carbocycles. The minimum Gasteiger partial charge on any atom is -0.316 e. The highest BCUT2D eigenvalue weighted by atomic mass is 32.2. The fourth-order valence-electron chi connectivity index (χ4n) is 1.38. The van der Waals surface area contributed by atoms with Gasteiger partial charge in [-0.2, -0.15) is 0 Å². The van der Waals surface area contributed by atoms with Crippen molar-refractivity contribution in [2.75, 3.05) is 18.8 Å².